The van der Waals surface area contributed by atoms with Gasteiger partial charge in [-0.25, -0.2) is 4.68 Å². The molecule has 4 rings (SSSR count). The number of hydrogen-bond acceptors (Lipinski definition) is 6. The van der Waals surface area contributed by atoms with E-state index in [2.05, 4.69) is 46.3 Å². The van der Waals surface area contributed by atoms with Gasteiger partial charge in [-0.2, -0.15) is 5.10 Å². The minimum atomic E-state index is -0.313. The molecule has 1 N–H and O–H groups in total. The molecule has 3 aromatic heterocycles. The van der Waals surface area contributed by atoms with E-state index in [9.17, 15) is 9.59 Å². The van der Waals surface area contributed by atoms with Crippen LogP contribution in [0.25, 0.3) is 5.65 Å². The third kappa shape index (κ3) is 3.92. The number of hydrogen-bond donors (Lipinski definition) is 1. The maximum absolute atomic E-state index is 12.8. The predicted octanol–water partition coefficient (Wildman–Crippen LogP) is 2.43. The zero-order valence-electron chi connectivity index (χ0n) is 17.6. The fourth-order valence-corrected chi connectivity index (χ4v) is 4.07. The van der Waals surface area contributed by atoms with E-state index >= 15 is 0 Å². The van der Waals surface area contributed by atoms with Gasteiger partial charge in [-0.05, 0) is 37.3 Å². The molecule has 9 nitrogen and oxygen atoms in total. The van der Waals surface area contributed by atoms with Crippen molar-refractivity contribution < 1.29 is 4.79 Å². The summed E-state index contributed by atoms with van der Waals surface area (Å²) >= 11 is 0. The average Bonchev–Trinajstić information content (AvgIpc) is 3.37. The smallest absolute Gasteiger partial charge is 0.269 e. The largest absolute Gasteiger partial charge is 0.367 e. The monoisotopic (exact) mass is 409 g/mol. The Morgan fingerprint density at radius 3 is 2.93 bits per heavy atom. The Balaban J connectivity index is 1.56. The third-order valence-corrected chi connectivity index (χ3v) is 5.58. The summed E-state index contributed by atoms with van der Waals surface area (Å²) in [4.78, 5) is 27.6. The van der Waals surface area contributed by atoms with Crippen LogP contribution in [0.15, 0.2) is 35.5 Å². The number of carbonyl (C=O) groups excluding carboxylic acids is 1. The Bertz CT molecular complexity index is 1120. The number of fused-ring (bicyclic) bond motifs is 1. The number of rotatable bonds is 6. The molecule has 9 heteroatoms. The normalized spacial score (nSPS) is 16.5. The first-order chi connectivity index (χ1) is 14.5. The van der Waals surface area contributed by atoms with Crippen LogP contribution < -0.4 is 15.8 Å². The average molecular weight is 409 g/mol. The molecule has 30 heavy (non-hydrogen) atoms. The van der Waals surface area contributed by atoms with Crippen LogP contribution in [0.3, 0.4) is 0 Å². The molecule has 3 aromatic rings. The van der Waals surface area contributed by atoms with Gasteiger partial charge in [0.15, 0.2) is 5.65 Å². The molecule has 4 heterocycles. The Morgan fingerprint density at radius 2 is 2.17 bits per heavy atom. The first-order valence-corrected chi connectivity index (χ1v) is 10.4. The van der Waals surface area contributed by atoms with Gasteiger partial charge >= 0.3 is 0 Å². The molecule has 1 saturated heterocycles. The Hall–Kier alpha value is -3.23. The minimum absolute atomic E-state index is 0.143. The van der Waals surface area contributed by atoms with Crippen molar-refractivity contribution in [1.29, 1.82) is 0 Å². The van der Waals surface area contributed by atoms with Crippen molar-refractivity contribution in [2.24, 2.45) is 0 Å². The third-order valence-electron chi connectivity index (χ3n) is 5.58. The highest BCUT2D eigenvalue weighted by atomic mass is 16.2. The molecule has 1 aliphatic heterocycles. The van der Waals surface area contributed by atoms with Gasteiger partial charge in [0.05, 0.1) is 17.1 Å². The number of nitrogens with one attached hydrogen (secondary N) is 1. The number of pyridine rings is 1. The van der Waals surface area contributed by atoms with Crippen molar-refractivity contribution in [3.63, 3.8) is 0 Å². The van der Waals surface area contributed by atoms with Crippen LogP contribution in [-0.4, -0.2) is 42.9 Å². The van der Waals surface area contributed by atoms with Crippen molar-refractivity contribution in [2.75, 3.05) is 16.8 Å². The van der Waals surface area contributed by atoms with E-state index in [1.807, 2.05) is 0 Å². The second-order valence-corrected chi connectivity index (χ2v) is 8.03. The molecule has 0 radical (unpaired) electrons. The highest BCUT2D eigenvalue weighted by Gasteiger charge is 2.27. The zero-order valence-corrected chi connectivity index (χ0v) is 17.6. The van der Waals surface area contributed by atoms with E-state index < -0.39 is 0 Å². The summed E-state index contributed by atoms with van der Waals surface area (Å²) in [6.45, 7) is 7.10. The van der Waals surface area contributed by atoms with Gasteiger partial charge in [0.25, 0.3) is 5.56 Å². The van der Waals surface area contributed by atoms with Crippen LogP contribution in [0.5, 0.6) is 0 Å². The summed E-state index contributed by atoms with van der Waals surface area (Å²) in [7, 11) is 0. The Labute approximate surface area is 174 Å². The van der Waals surface area contributed by atoms with Crippen molar-refractivity contribution in [3.8, 4) is 0 Å². The summed E-state index contributed by atoms with van der Waals surface area (Å²) in [5.74, 6) is -0.170. The van der Waals surface area contributed by atoms with E-state index in [0.29, 0.717) is 17.4 Å². The van der Waals surface area contributed by atoms with Crippen LogP contribution in [0.1, 0.15) is 51.6 Å². The number of carbonyl (C=O) groups is 1. The molecule has 0 aliphatic carbocycles. The van der Waals surface area contributed by atoms with E-state index in [1.54, 1.807) is 35.1 Å². The first kappa shape index (κ1) is 20.1. The number of amides is 1. The van der Waals surface area contributed by atoms with Gasteiger partial charge in [0.2, 0.25) is 5.91 Å². The SMILES string of the molecule is CCC1CCCN1c1cc(=O)n(CC(=O)Nc2ccc3nncn3c2)nc1C(C)C. The van der Waals surface area contributed by atoms with Crippen molar-refractivity contribution in [1.82, 2.24) is 24.4 Å². The highest BCUT2D eigenvalue weighted by molar-refractivity contribution is 5.90. The highest BCUT2D eigenvalue weighted by Crippen LogP contribution is 2.31. The number of anilines is 2. The van der Waals surface area contributed by atoms with Gasteiger partial charge in [-0.15, -0.1) is 10.2 Å². The van der Waals surface area contributed by atoms with E-state index in [4.69, 9.17) is 0 Å². The maximum atomic E-state index is 12.8. The van der Waals surface area contributed by atoms with Crippen LogP contribution in [0, 0.1) is 0 Å². The van der Waals surface area contributed by atoms with Crippen molar-refractivity contribution in [2.45, 2.75) is 58.5 Å². The standard InChI is InChI=1S/C21H27N7O2/c1-4-16-6-5-9-27(16)17-10-20(30)28(25-21(17)14(2)3)12-19(29)23-15-7-8-18-24-22-13-26(18)11-15/h7-8,10-11,13-14,16H,4-6,9,12H2,1-3H3,(H,23,29). The zero-order chi connectivity index (χ0) is 21.3. The summed E-state index contributed by atoms with van der Waals surface area (Å²) in [6.07, 6.45) is 6.59. The summed E-state index contributed by atoms with van der Waals surface area (Å²) in [5.41, 5.74) is 2.79. The number of aromatic nitrogens is 5. The molecular weight excluding hydrogens is 382 g/mol. The van der Waals surface area contributed by atoms with Gasteiger partial charge in [0, 0.05) is 24.8 Å². The predicted molar refractivity (Wildman–Crippen MR) is 115 cm³/mol. The van der Waals surface area contributed by atoms with Crippen LogP contribution in [-0.2, 0) is 11.3 Å². The molecule has 1 amide bonds. The first-order valence-electron chi connectivity index (χ1n) is 10.4. The fourth-order valence-electron chi connectivity index (χ4n) is 4.07. The van der Waals surface area contributed by atoms with Crippen LogP contribution in [0.4, 0.5) is 11.4 Å². The molecule has 0 spiro atoms. The molecule has 1 aliphatic rings. The molecule has 0 saturated carbocycles. The van der Waals surface area contributed by atoms with E-state index in [0.717, 1.165) is 37.2 Å². The lowest BCUT2D eigenvalue weighted by atomic mass is 10.1. The molecule has 1 atom stereocenters. The lowest BCUT2D eigenvalue weighted by molar-refractivity contribution is -0.117. The molecule has 1 fully saturated rings. The lowest BCUT2D eigenvalue weighted by Gasteiger charge is -2.28. The topological polar surface area (TPSA) is 97.4 Å². The summed E-state index contributed by atoms with van der Waals surface area (Å²) < 4.78 is 2.97. The number of nitrogens with zero attached hydrogens (tertiary/aromatic N) is 6. The van der Waals surface area contributed by atoms with Crippen molar-refractivity contribution >= 4 is 22.9 Å². The lowest BCUT2D eigenvalue weighted by Crippen LogP contribution is -2.35. The van der Waals surface area contributed by atoms with Gasteiger partial charge in [-0.1, -0.05) is 20.8 Å². The fraction of sp³-hybridized carbons (Fsp3) is 0.476. The second kappa shape index (κ2) is 8.25. The van der Waals surface area contributed by atoms with Gasteiger partial charge < -0.3 is 10.2 Å². The molecular formula is C21H27N7O2. The van der Waals surface area contributed by atoms with Crippen LogP contribution in [0.2, 0.25) is 0 Å². The van der Waals surface area contributed by atoms with Gasteiger partial charge in [-0.3, -0.25) is 14.0 Å². The second-order valence-electron chi connectivity index (χ2n) is 8.03. The Kier molecular flexibility index (Phi) is 5.52. The molecule has 0 aromatic carbocycles. The molecule has 158 valence electrons. The van der Waals surface area contributed by atoms with Crippen molar-refractivity contribution in [3.05, 3.63) is 46.8 Å². The maximum Gasteiger partial charge on any atom is 0.269 e. The quantitative estimate of drug-likeness (QED) is 0.672. The van der Waals surface area contributed by atoms with E-state index in [-0.39, 0.29) is 23.9 Å². The summed E-state index contributed by atoms with van der Waals surface area (Å²) in [5, 5.41) is 15.2. The molecule has 1 unspecified atom stereocenters. The summed E-state index contributed by atoms with van der Waals surface area (Å²) in [6, 6.07) is 5.60. The van der Waals surface area contributed by atoms with E-state index in [1.165, 1.54) is 4.68 Å². The molecule has 0 bridgehead atoms. The van der Waals surface area contributed by atoms with Gasteiger partial charge in [0.1, 0.15) is 12.9 Å². The minimum Gasteiger partial charge on any atom is -0.367 e. The Morgan fingerprint density at radius 1 is 1.33 bits per heavy atom. The van der Waals surface area contributed by atoms with Crippen LogP contribution >= 0.6 is 0 Å².